The van der Waals surface area contributed by atoms with Crippen LogP contribution in [0.5, 0.6) is 11.5 Å². The third-order valence-corrected chi connectivity index (χ3v) is 5.18. The van der Waals surface area contributed by atoms with Gasteiger partial charge in [-0.1, -0.05) is 36.4 Å². The van der Waals surface area contributed by atoms with Gasteiger partial charge in [-0.3, -0.25) is 9.69 Å². The average molecular weight is 383 g/mol. The number of carbonyl (C=O) groups is 1. The molecule has 1 amide bonds. The molecule has 0 unspecified atom stereocenters. The summed E-state index contributed by atoms with van der Waals surface area (Å²) in [5, 5.41) is 0. The number of hydrogen-bond donors (Lipinski definition) is 0. The summed E-state index contributed by atoms with van der Waals surface area (Å²) in [7, 11) is 1.71. The fourth-order valence-electron chi connectivity index (χ4n) is 3.60. The molecule has 150 valence electrons. The zero-order valence-electron chi connectivity index (χ0n) is 16.9. The first-order valence-electron chi connectivity index (χ1n) is 9.98. The van der Waals surface area contributed by atoms with Crippen molar-refractivity contribution in [1.82, 2.24) is 9.80 Å². The van der Waals surface area contributed by atoms with E-state index in [2.05, 4.69) is 11.0 Å². The highest BCUT2D eigenvalue weighted by Gasteiger charge is 2.15. The highest BCUT2D eigenvalue weighted by molar-refractivity contribution is 5.73. The van der Waals surface area contributed by atoms with E-state index in [0.717, 1.165) is 56.1 Å². The van der Waals surface area contributed by atoms with Crippen molar-refractivity contribution in [3.8, 4) is 11.5 Å². The number of amides is 1. The summed E-state index contributed by atoms with van der Waals surface area (Å²) < 4.78 is 11.6. The number of benzene rings is 2. The second kappa shape index (κ2) is 10.1. The Bertz CT molecular complexity index is 778. The van der Waals surface area contributed by atoms with Crippen LogP contribution >= 0.6 is 0 Å². The Hall–Kier alpha value is -2.53. The van der Waals surface area contributed by atoms with Crippen molar-refractivity contribution in [3.05, 3.63) is 59.7 Å². The van der Waals surface area contributed by atoms with Crippen molar-refractivity contribution < 1.29 is 14.3 Å². The smallest absolute Gasteiger partial charge is 0.219 e. The molecule has 2 aromatic rings. The number of methoxy groups -OCH3 is 1. The fraction of sp³-hybridized carbons (Fsp3) is 0.435. The van der Waals surface area contributed by atoms with Gasteiger partial charge in [0.15, 0.2) is 0 Å². The van der Waals surface area contributed by atoms with Crippen molar-refractivity contribution in [2.24, 2.45) is 0 Å². The highest BCUT2D eigenvalue weighted by Crippen LogP contribution is 2.22. The zero-order valence-corrected chi connectivity index (χ0v) is 16.9. The summed E-state index contributed by atoms with van der Waals surface area (Å²) in [6.45, 7) is 6.28. The summed E-state index contributed by atoms with van der Waals surface area (Å²) in [6, 6.07) is 16.2. The SMILES string of the molecule is COc1ccccc1CN1CCCCN(C(C)=O)Cc2ccccc2OCC1. The van der Waals surface area contributed by atoms with E-state index in [1.54, 1.807) is 14.0 Å². The molecule has 0 saturated carbocycles. The molecule has 1 heterocycles. The Morgan fingerprint density at radius 3 is 2.61 bits per heavy atom. The fourth-order valence-corrected chi connectivity index (χ4v) is 3.60. The average Bonchev–Trinajstić information content (AvgIpc) is 2.70. The van der Waals surface area contributed by atoms with Gasteiger partial charge in [0.1, 0.15) is 18.1 Å². The first-order valence-corrected chi connectivity index (χ1v) is 9.98. The van der Waals surface area contributed by atoms with E-state index in [9.17, 15) is 4.79 Å². The summed E-state index contributed by atoms with van der Waals surface area (Å²) in [4.78, 5) is 16.4. The molecule has 0 N–H and O–H groups in total. The Kier molecular flexibility index (Phi) is 7.31. The minimum atomic E-state index is 0.109. The van der Waals surface area contributed by atoms with Gasteiger partial charge in [-0.15, -0.1) is 0 Å². The van der Waals surface area contributed by atoms with Crippen LogP contribution in [0.3, 0.4) is 0 Å². The predicted octanol–water partition coefficient (Wildman–Crippen LogP) is 3.72. The summed E-state index contributed by atoms with van der Waals surface area (Å²) in [5.41, 5.74) is 2.25. The van der Waals surface area contributed by atoms with Crippen LogP contribution in [0.1, 0.15) is 30.9 Å². The Balaban J connectivity index is 1.74. The van der Waals surface area contributed by atoms with Gasteiger partial charge in [0.2, 0.25) is 5.91 Å². The van der Waals surface area contributed by atoms with Gasteiger partial charge >= 0.3 is 0 Å². The minimum Gasteiger partial charge on any atom is -0.496 e. The Labute approximate surface area is 167 Å². The van der Waals surface area contributed by atoms with Crippen molar-refractivity contribution >= 4 is 5.91 Å². The van der Waals surface area contributed by atoms with E-state index < -0.39 is 0 Å². The molecule has 5 heteroatoms. The van der Waals surface area contributed by atoms with Crippen LogP contribution < -0.4 is 9.47 Å². The van der Waals surface area contributed by atoms with Gasteiger partial charge in [-0.2, -0.15) is 0 Å². The molecular formula is C23H30N2O3. The molecule has 0 spiro atoms. The van der Waals surface area contributed by atoms with Crippen LogP contribution in [0.2, 0.25) is 0 Å². The monoisotopic (exact) mass is 382 g/mol. The van der Waals surface area contributed by atoms with Crippen molar-refractivity contribution in [2.45, 2.75) is 32.9 Å². The first kappa shape index (κ1) is 20.2. The minimum absolute atomic E-state index is 0.109. The number of carbonyl (C=O) groups excluding carboxylic acids is 1. The van der Waals surface area contributed by atoms with E-state index in [4.69, 9.17) is 9.47 Å². The molecule has 3 rings (SSSR count). The lowest BCUT2D eigenvalue weighted by molar-refractivity contribution is -0.129. The summed E-state index contributed by atoms with van der Waals surface area (Å²) in [5.74, 6) is 1.90. The van der Waals surface area contributed by atoms with E-state index in [1.807, 2.05) is 47.4 Å². The summed E-state index contributed by atoms with van der Waals surface area (Å²) >= 11 is 0. The lowest BCUT2D eigenvalue weighted by Crippen LogP contribution is -2.33. The van der Waals surface area contributed by atoms with Gasteiger partial charge in [0.25, 0.3) is 0 Å². The maximum absolute atomic E-state index is 12.1. The van der Waals surface area contributed by atoms with Gasteiger partial charge < -0.3 is 14.4 Å². The van der Waals surface area contributed by atoms with Crippen LogP contribution in [-0.2, 0) is 17.9 Å². The molecule has 0 fully saturated rings. The normalized spacial score (nSPS) is 16.3. The molecular weight excluding hydrogens is 352 g/mol. The Morgan fingerprint density at radius 2 is 1.79 bits per heavy atom. The molecule has 0 aliphatic carbocycles. The quantitative estimate of drug-likeness (QED) is 0.811. The standard InChI is InChI=1S/C23H30N2O3/c1-19(26)25-14-8-7-13-24(17-20-9-3-5-11-22(20)27-2)15-16-28-23-12-6-4-10-21(23)18-25/h3-6,9-12H,7-8,13-18H2,1-2H3. The van der Waals surface area contributed by atoms with Crippen molar-refractivity contribution in [2.75, 3.05) is 33.4 Å². The van der Waals surface area contributed by atoms with Crippen LogP contribution in [0, 0.1) is 0 Å². The number of nitrogens with zero attached hydrogens (tertiary/aromatic N) is 2. The van der Waals surface area contributed by atoms with Gasteiger partial charge in [0.05, 0.1) is 7.11 Å². The van der Waals surface area contributed by atoms with Crippen LogP contribution in [0.25, 0.3) is 0 Å². The number of ether oxygens (including phenoxy) is 2. The number of para-hydroxylation sites is 2. The molecule has 2 aromatic carbocycles. The topological polar surface area (TPSA) is 42.0 Å². The largest absolute Gasteiger partial charge is 0.496 e. The molecule has 0 bridgehead atoms. The van der Waals surface area contributed by atoms with Gasteiger partial charge in [-0.25, -0.2) is 0 Å². The van der Waals surface area contributed by atoms with Crippen LogP contribution in [0.4, 0.5) is 0 Å². The van der Waals surface area contributed by atoms with Gasteiger partial charge in [0, 0.05) is 44.2 Å². The van der Waals surface area contributed by atoms with E-state index in [1.165, 1.54) is 5.56 Å². The molecule has 28 heavy (non-hydrogen) atoms. The first-order chi connectivity index (χ1) is 13.7. The molecule has 0 aromatic heterocycles. The third kappa shape index (κ3) is 5.49. The third-order valence-electron chi connectivity index (χ3n) is 5.18. The van der Waals surface area contributed by atoms with Crippen LogP contribution in [0.15, 0.2) is 48.5 Å². The van der Waals surface area contributed by atoms with Crippen molar-refractivity contribution in [1.29, 1.82) is 0 Å². The molecule has 0 saturated heterocycles. The second-order valence-corrected chi connectivity index (χ2v) is 7.19. The van der Waals surface area contributed by atoms with Gasteiger partial charge in [-0.05, 0) is 31.5 Å². The lowest BCUT2D eigenvalue weighted by atomic mass is 10.1. The number of rotatable bonds is 3. The summed E-state index contributed by atoms with van der Waals surface area (Å²) in [6.07, 6.45) is 2.03. The molecule has 0 atom stereocenters. The molecule has 1 aliphatic rings. The maximum Gasteiger partial charge on any atom is 0.219 e. The van der Waals surface area contributed by atoms with E-state index >= 15 is 0 Å². The predicted molar refractivity (Wildman–Crippen MR) is 111 cm³/mol. The molecule has 5 nitrogen and oxygen atoms in total. The zero-order chi connectivity index (χ0) is 19.8. The molecule has 1 aliphatic heterocycles. The Morgan fingerprint density at radius 1 is 1.04 bits per heavy atom. The number of fused-ring (bicyclic) bond motifs is 1. The lowest BCUT2D eigenvalue weighted by Gasteiger charge is -2.27. The maximum atomic E-state index is 12.1. The van der Waals surface area contributed by atoms with Crippen LogP contribution in [-0.4, -0.2) is 49.1 Å². The van der Waals surface area contributed by atoms with E-state index in [0.29, 0.717) is 13.2 Å². The van der Waals surface area contributed by atoms with E-state index in [-0.39, 0.29) is 5.91 Å². The molecule has 0 radical (unpaired) electrons. The number of hydrogen-bond acceptors (Lipinski definition) is 4. The highest BCUT2D eigenvalue weighted by atomic mass is 16.5. The second-order valence-electron chi connectivity index (χ2n) is 7.19. The van der Waals surface area contributed by atoms with Crippen molar-refractivity contribution in [3.63, 3.8) is 0 Å².